The van der Waals surface area contributed by atoms with Crippen LogP contribution in [0.1, 0.15) is 15.9 Å². The van der Waals surface area contributed by atoms with Crippen molar-refractivity contribution in [1.29, 1.82) is 0 Å². The Balaban J connectivity index is 2.01. The molecule has 3 rings (SSSR count). The maximum absolute atomic E-state index is 12.2. The number of allylic oxidation sites excluding steroid dienone is 1. The van der Waals surface area contributed by atoms with E-state index >= 15 is 0 Å². The van der Waals surface area contributed by atoms with Crippen LogP contribution in [0.5, 0.6) is 0 Å². The van der Waals surface area contributed by atoms with Gasteiger partial charge >= 0.3 is 0 Å². The monoisotopic (exact) mass is 306 g/mol. The Bertz CT molecular complexity index is 707. The number of halogens is 2. The summed E-state index contributed by atoms with van der Waals surface area (Å²) in [6.45, 7) is 0. The summed E-state index contributed by atoms with van der Waals surface area (Å²) >= 11 is 13.4. The standard InChI is InChI=1S/C15H8Cl2OS/c16-10-6-5-9(12(17)8-10)7-14-15(18)11-3-1-2-4-13(11)19-14/h1-8H/b14-7+. The molecule has 94 valence electrons. The first-order valence-corrected chi connectivity index (χ1v) is 7.21. The van der Waals surface area contributed by atoms with Crippen LogP contribution in [-0.4, -0.2) is 5.78 Å². The first kappa shape index (κ1) is 12.8. The molecule has 0 saturated heterocycles. The van der Waals surface area contributed by atoms with Crippen molar-refractivity contribution in [1.82, 2.24) is 0 Å². The Kier molecular flexibility index (Phi) is 3.40. The van der Waals surface area contributed by atoms with E-state index in [1.807, 2.05) is 36.4 Å². The summed E-state index contributed by atoms with van der Waals surface area (Å²) in [7, 11) is 0. The molecular weight excluding hydrogens is 299 g/mol. The average Bonchev–Trinajstić information content (AvgIpc) is 2.70. The zero-order valence-electron chi connectivity index (χ0n) is 9.69. The van der Waals surface area contributed by atoms with E-state index in [1.54, 1.807) is 12.1 Å². The lowest BCUT2D eigenvalue weighted by atomic mass is 10.1. The minimum absolute atomic E-state index is 0.0478. The molecule has 0 fully saturated rings. The SMILES string of the molecule is O=C1/C(=C\c2ccc(Cl)cc2Cl)Sc2ccccc21. The third kappa shape index (κ3) is 2.44. The molecule has 0 aliphatic carbocycles. The molecule has 0 spiro atoms. The van der Waals surface area contributed by atoms with Gasteiger partial charge in [-0.1, -0.05) is 53.2 Å². The van der Waals surface area contributed by atoms with Crippen LogP contribution in [0.2, 0.25) is 10.0 Å². The fourth-order valence-electron chi connectivity index (χ4n) is 1.90. The van der Waals surface area contributed by atoms with E-state index in [9.17, 15) is 4.79 Å². The van der Waals surface area contributed by atoms with Crippen LogP contribution >= 0.6 is 35.0 Å². The number of hydrogen-bond donors (Lipinski definition) is 0. The number of benzene rings is 2. The quantitative estimate of drug-likeness (QED) is 0.663. The molecule has 0 atom stereocenters. The van der Waals surface area contributed by atoms with Crippen molar-refractivity contribution in [3.63, 3.8) is 0 Å². The van der Waals surface area contributed by atoms with Gasteiger partial charge in [0.05, 0.1) is 4.91 Å². The first-order chi connectivity index (χ1) is 9.15. The number of fused-ring (bicyclic) bond motifs is 1. The molecule has 0 bridgehead atoms. The molecule has 0 amide bonds. The van der Waals surface area contributed by atoms with E-state index in [0.29, 0.717) is 15.0 Å². The zero-order chi connectivity index (χ0) is 13.4. The highest BCUT2D eigenvalue weighted by molar-refractivity contribution is 8.04. The van der Waals surface area contributed by atoms with Crippen molar-refractivity contribution in [3.05, 3.63) is 68.5 Å². The van der Waals surface area contributed by atoms with Crippen LogP contribution < -0.4 is 0 Å². The van der Waals surface area contributed by atoms with Crippen LogP contribution in [0.25, 0.3) is 6.08 Å². The van der Waals surface area contributed by atoms with Gasteiger partial charge in [-0.3, -0.25) is 4.79 Å². The molecule has 0 aromatic heterocycles. The molecule has 0 unspecified atom stereocenters. The minimum Gasteiger partial charge on any atom is -0.288 e. The molecular formula is C15H8Cl2OS. The van der Waals surface area contributed by atoms with E-state index in [-0.39, 0.29) is 5.78 Å². The van der Waals surface area contributed by atoms with Gasteiger partial charge in [0.15, 0.2) is 0 Å². The Labute approximate surface area is 125 Å². The van der Waals surface area contributed by atoms with Gasteiger partial charge in [-0.05, 0) is 35.9 Å². The molecule has 1 heterocycles. The fourth-order valence-corrected chi connectivity index (χ4v) is 3.40. The number of ketones is 1. The van der Waals surface area contributed by atoms with Crippen LogP contribution in [-0.2, 0) is 0 Å². The summed E-state index contributed by atoms with van der Waals surface area (Å²) in [5.41, 5.74) is 1.55. The van der Waals surface area contributed by atoms with E-state index in [2.05, 4.69) is 0 Å². The summed E-state index contributed by atoms with van der Waals surface area (Å²) in [6, 6.07) is 12.8. The van der Waals surface area contributed by atoms with Crippen molar-refractivity contribution >= 4 is 46.8 Å². The summed E-state index contributed by atoms with van der Waals surface area (Å²) in [4.78, 5) is 13.9. The normalized spacial score (nSPS) is 15.9. The summed E-state index contributed by atoms with van der Waals surface area (Å²) in [5.74, 6) is 0.0478. The van der Waals surface area contributed by atoms with E-state index in [0.717, 1.165) is 16.0 Å². The molecule has 19 heavy (non-hydrogen) atoms. The average molecular weight is 307 g/mol. The topological polar surface area (TPSA) is 17.1 Å². The van der Waals surface area contributed by atoms with Crippen molar-refractivity contribution in [2.45, 2.75) is 4.90 Å². The number of carbonyl (C=O) groups excluding carboxylic acids is 1. The zero-order valence-corrected chi connectivity index (χ0v) is 12.0. The van der Waals surface area contributed by atoms with Gasteiger partial charge < -0.3 is 0 Å². The smallest absolute Gasteiger partial charge is 0.200 e. The molecule has 1 aliphatic rings. The summed E-state index contributed by atoms with van der Waals surface area (Å²) < 4.78 is 0. The maximum atomic E-state index is 12.2. The molecule has 1 aliphatic heterocycles. The van der Waals surface area contributed by atoms with Gasteiger partial charge in [-0.2, -0.15) is 0 Å². The Morgan fingerprint density at radius 3 is 2.58 bits per heavy atom. The predicted molar refractivity (Wildman–Crippen MR) is 81.1 cm³/mol. The van der Waals surface area contributed by atoms with Crippen molar-refractivity contribution < 1.29 is 4.79 Å². The number of rotatable bonds is 1. The fraction of sp³-hybridized carbons (Fsp3) is 0. The minimum atomic E-state index is 0.0478. The number of Topliss-reactive ketones (excluding diaryl/α,β-unsaturated/α-hetero) is 1. The number of thioether (sulfide) groups is 1. The number of hydrogen-bond acceptors (Lipinski definition) is 2. The Hall–Kier alpha value is -1.22. The molecule has 0 saturated carbocycles. The second-order valence-corrected chi connectivity index (χ2v) is 6.03. The maximum Gasteiger partial charge on any atom is 0.200 e. The Morgan fingerprint density at radius 1 is 1.05 bits per heavy atom. The molecule has 2 aromatic rings. The lowest BCUT2D eigenvalue weighted by Crippen LogP contribution is -1.93. The Morgan fingerprint density at radius 2 is 1.84 bits per heavy atom. The van der Waals surface area contributed by atoms with Crippen molar-refractivity contribution in [2.24, 2.45) is 0 Å². The molecule has 0 radical (unpaired) electrons. The summed E-state index contributed by atoms with van der Waals surface area (Å²) in [6.07, 6.45) is 1.81. The van der Waals surface area contributed by atoms with Crippen LogP contribution in [0.15, 0.2) is 52.3 Å². The van der Waals surface area contributed by atoms with E-state index in [4.69, 9.17) is 23.2 Å². The van der Waals surface area contributed by atoms with Gasteiger partial charge in [0.1, 0.15) is 0 Å². The molecule has 1 nitrogen and oxygen atoms in total. The summed E-state index contributed by atoms with van der Waals surface area (Å²) in [5, 5.41) is 1.13. The molecule has 2 aromatic carbocycles. The van der Waals surface area contributed by atoms with Gasteiger partial charge in [-0.15, -0.1) is 0 Å². The van der Waals surface area contributed by atoms with Crippen LogP contribution in [0, 0.1) is 0 Å². The largest absolute Gasteiger partial charge is 0.288 e. The van der Waals surface area contributed by atoms with Crippen LogP contribution in [0.4, 0.5) is 0 Å². The highest BCUT2D eigenvalue weighted by Crippen LogP contribution is 2.41. The second kappa shape index (κ2) is 5.04. The van der Waals surface area contributed by atoms with Gasteiger partial charge in [0.25, 0.3) is 0 Å². The third-order valence-corrected chi connectivity index (χ3v) is 4.49. The first-order valence-electron chi connectivity index (χ1n) is 5.63. The highest BCUT2D eigenvalue weighted by atomic mass is 35.5. The predicted octanol–water partition coefficient (Wildman–Crippen LogP) is 5.32. The molecule has 0 N–H and O–H groups in total. The van der Waals surface area contributed by atoms with Crippen molar-refractivity contribution in [2.75, 3.05) is 0 Å². The van der Waals surface area contributed by atoms with Gasteiger partial charge in [0.2, 0.25) is 5.78 Å². The van der Waals surface area contributed by atoms with Crippen molar-refractivity contribution in [3.8, 4) is 0 Å². The molecule has 4 heteroatoms. The lowest BCUT2D eigenvalue weighted by Gasteiger charge is -2.00. The van der Waals surface area contributed by atoms with Gasteiger partial charge in [0, 0.05) is 20.5 Å². The number of carbonyl (C=O) groups is 1. The van der Waals surface area contributed by atoms with Gasteiger partial charge in [-0.25, -0.2) is 0 Å². The van der Waals surface area contributed by atoms with Crippen LogP contribution in [0.3, 0.4) is 0 Å². The van der Waals surface area contributed by atoms with E-state index in [1.165, 1.54) is 11.8 Å². The van der Waals surface area contributed by atoms with E-state index < -0.39 is 0 Å². The lowest BCUT2D eigenvalue weighted by molar-refractivity contribution is 0.104. The highest BCUT2D eigenvalue weighted by Gasteiger charge is 2.25. The second-order valence-electron chi connectivity index (χ2n) is 4.10. The third-order valence-electron chi connectivity index (χ3n) is 2.82.